The monoisotopic (exact) mass is 378 g/mol. The molecule has 2 N–H and O–H groups in total. The summed E-state index contributed by atoms with van der Waals surface area (Å²) in [5, 5.41) is 18.8. The third kappa shape index (κ3) is 4.02. The number of amides is 2. The molecular weight excluding hydrogens is 352 g/mol. The van der Waals surface area contributed by atoms with Gasteiger partial charge in [-0.15, -0.1) is 0 Å². The lowest BCUT2D eigenvalue weighted by molar-refractivity contribution is 0.0689. The topological polar surface area (TPSA) is 70.4 Å². The lowest BCUT2D eigenvalue weighted by Gasteiger charge is -2.34. The van der Waals surface area contributed by atoms with Gasteiger partial charge in [0.15, 0.2) is 0 Å². The SMILES string of the molecule is Cn1ncc2cc(NC(=O)N3CCC([C@H](O)Cc4ccccc4)CC3)ccc21. The Morgan fingerprint density at radius 1 is 1.21 bits per heavy atom. The second-order valence-corrected chi connectivity index (χ2v) is 7.55. The first-order valence-corrected chi connectivity index (χ1v) is 9.80. The summed E-state index contributed by atoms with van der Waals surface area (Å²) in [6.07, 6.45) is 3.75. The van der Waals surface area contributed by atoms with Crippen LogP contribution < -0.4 is 5.32 Å². The van der Waals surface area contributed by atoms with Crippen molar-refractivity contribution in [3.8, 4) is 0 Å². The summed E-state index contributed by atoms with van der Waals surface area (Å²) < 4.78 is 1.81. The number of likely N-dealkylation sites (tertiary alicyclic amines) is 1. The number of anilines is 1. The molecule has 6 heteroatoms. The van der Waals surface area contributed by atoms with Gasteiger partial charge in [-0.25, -0.2) is 4.79 Å². The Morgan fingerprint density at radius 2 is 1.96 bits per heavy atom. The maximum Gasteiger partial charge on any atom is 0.321 e. The number of hydrogen-bond donors (Lipinski definition) is 2. The summed E-state index contributed by atoms with van der Waals surface area (Å²) in [7, 11) is 1.90. The molecule has 1 saturated heterocycles. The van der Waals surface area contributed by atoms with Crippen molar-refractivity contribution in [1.29, 1.82) is 0 Å². The van der Waals surface area contributed by atoms with E-state index in [9.17, 15) is 9.90 Å². The molecule has 0 bridgehead atoms. The summed E-state index contributed by atoms with van der Waals surface area (Å²) in [5.74, 6) is 0.232. The molecule has 1 aliphatic heterocycles. The normalized spacial score (nSPS) is 16.3. The van der Waals surface area contributed by atoms with Crippen molar-refractivity contribution in [3.05, 3.63) is 60.3 Å². The highest BCUT2D eigenvalue weighted by molar-refractivity contribution is 5.92. The number of fused-ring (bicyclic) bond motifs is 1. The van der Waals surface area contributed by atoms with Gasteiger partial charge in [-0.2, -0.15) is 5.10 Å². The summed E-state index contributed by atoms with van der Waals surface area (Å²) in [6.45, 7) is 1.33. The number of hydrogen-bond acceptors (Lipinski definition) is 3. The maximum atomic E-state index is 12.6. The first kappa shape index (κ1) is 18.5. The van der Waals surface area contributed by atoms with E-state index in [2.05, 4.69) is 10.4 Å². The summed E-state index contributed by atoms with van der Waals surface area (Å²) in [4.78, 5) is 14.4. The van der Waals surface area contributed by atoms with E-state index < -0.39 is 0 Å². The van der Waals surface area contributed by atoms with Gasteiger partial charge in [-0.3, -0.25) is 4.68 Å². The van der Waals surface area contributed by atoms with Gasteiger partial charge in [0, 0.05) is 31.2 Å². The molecule has 1 atom stereocenters. The molecule has 0 saturated carbocycles. The first-order valence-electron chi connectivity index (χ1n) is 9.80. The van der Waals surface area contributed by atoms with Crippen LogP contribution in [-0.2, 0) is 13.5 Å². The van der Waals surface area contributed by atoms with Crippen molar-refractivity contribution < 1.29 is 9.90 Å². The molecule has 2 amide bonds. The minimum absolute atomic E-state index is 0.0840. The number of aromatic nitrogens is 2. The molecule has 6 nitrogen and oxygen atoms in total. The molecule has 28 heavy (non-hydrogen) atoms. The smallest absolute Gasteiger partial charge is 0.321 e. The van der Waals surface area contributed by atoms with E-state index in [1.54, 1.807) is 6.20 Å². The number of carbonyl (C=O) groups is 1. The predicted octanol–water partition coefficient (Wildman–Crippen LogP) is 3.42. The Balaban J connectivity index is 1.30. The molecule has 0 unspecified atom stereocenters. The zero-order valence-corrected chi connectivity index (χ0v) is 16.1. The third-order valence-electron chi connectivity index (χ3n) is 5.66. The molecule has 0 radical (unpaired) electrons. The Labute approximate surface area is 164 Å². The summed E-state index contributed by atoms with van der Waals surface area (Å²) >= 11 is 0. The van der Waals surface area contributed by atoms with E-state index in [4.69, 9.17) is 0 Å². The fraction of sp³-hybridized carbons (Fsp3) is 0.364. The van der Waals surface area contributed by atoms with Crippen LogP contribution >= 0.6 is 0 Å². The summed E-state index contributed by atoms with van der Waals surface area (Å²) in [6, 6.07) is 15.8. The molecule has 1 aromatic heterocycles. The highest BCUT2D eigenvalue weighted by Gasteiger charge is 2.27. The van der Waals surface area contributed by atoms with Gasteiger partial charge in [-0.1, -0.05) is 30.3 Å². The van der Waals surface area contributed by atoms with Gasteiger partial charge in [0.1, 0.15) is 0 Å². The second-order valence-electron chi connectivity index (χ2n) is 7.55. The van der Waals surface area contributed by atoms with Gasteiger partial charge in [0.25, 0.3) is 0 Å². The zero-order chi connectivity index (χ0) is 19.5. The van der Waals surface area contributed by atoms with Crippen LogP contribution in [0.3, 0.4) is 0 Å². The Kier molecular flexibility index (Phi) is 5.30. The third-order valence-corrected chi connectivity index (χ3v) is 5.66. The Hall–Kier alpha value is -2.86. The summed E-state index contributed by atoms with van der Waals surface area (Å²) in [5.41, 5.74) is 2.96. The highest BCUT2D eigenvalue weighted by atomic mass is 16.3. The standard InChI is InChI=1S/C22H26N4O2/c1-25-20-8-7-19(14-18(20)15-23-25)24-22(28)26-11-9-17(10-12-26)21(27)13-16-5-3-2-4-6-16/h2-8,14-15,17,21,27H,9-13H2,1H3,(H,24,28)/t21-/m1/s1. The van der Waals surface area contributed by atoms with E-state index in [0.29, 0.717) is 19.5 Å². The Bertz CT molecular complexity index is 946. The van der Waals surface area contributed by atoms with Gasteiger partial charge in [0.2, 0.25) is 0 Å². The van der Waals surface area contributed by atoms with Crippen LogP contribution in [0.4, 0.5) is 10.5 Å². The number of aliphatic hydroxyl groups is 1. The van der Waals surface area contributed by atoms with Crippen LogP contribution in [0.15, 0.2) is 54.7 Å². The second kappa shape index (κ2) is 8.02. The number of benzene rings is 2. The van der Waals surface area contributed by atoms with Crippen molar-refractivity contribution in [3.63, 3.8) is 0 Å². The molecule has 1 aliphatic rings. The molecule has 1 fully saturated rings. The number of rotatable bonds is 4. The first-order chi connectivity index (χ1) is 13.6. The minimum atomic E-state index is -0.361. The average Bonchev–Trinajstić information content (AvgIpc) is 3.09. The van der Waals surface area contributed by atoms with Crippen LogP contribution in [0.1, 0.15) is 18.4 Å². The molecular formula is C22H26N4O2. The molecule has 2 heterocycles. The van der Waals surface area contributed by atoms with Gasteiger partial charge in [-0.05, 0) is 48.9 Å². The van der Waals surface area contributed by atoms with Gasteiger partial charge >= 0.3 is 6.03 Å². The van der Waals surface area contributed by atoms with E-state index in [-0.39, 0.29) is 18.1 Å². The van der Waals surface area contributed by atoms with Crippen LogP contribution in [-0.4, -0.2) is 45.0 Å². The largest absolute Gasteiger partial charge is 0.392 e. The van der Waals surface area contributed by atoms with Crippen molar-refractivity contribution in [2.75, 3.05) is 18.4 Å². The highest BCUT2D eigenvalue weighted by Crippen LogP contribution is 2.24. The van der Waals surface area contributed by atoms with Gasteiger partial charge < -0.3 is 15.3 Å². The number of carbonyl (C=O) groups excluding carboxylic acids is 1. The molecule has 2 aromatic carbocycles. The van der Waals surface area contributed by atoms with Crippen molar-refractivity contribution >= 4 is 22.6 Å². The van der Waals surface area contributed by atoms with E-state index in [0.717, 1.165) is 35.0 Å². The minimum Gasteiger partial charge on any atom is -0.392 e. The zero-order valence-electron chi connectivity index (χ0n) is 16.1. The van der Waals surface area contributed by atoms with E-state index >= 15 is 0 Å². The fourth-order valence-electron chi connectivity index (χ4n) is 3.95. The van der Waals surface area contributed by atoms with Crippen molar-refractivity contribution in [2.45, 2.75) is 25.4 Å². The predicted molar refractivity (Wildman–Crippen MR) is 110 cm³/mol. The molecule has 4 rings (SSSR count). The molecule has 0 aliphatic carbocycles. The Morgan fingerprint density at radius 3 is 2.71 bits per heavy atom. The average molecular weight is 378 g/mol. The number of aryl methyl sites for hydroxylation is 1. The van der Waals surface area contributed by atoms with Crippen LogP contribution in [0.25, 0.3) is 10.9 Å². The molecule has 3 aromatic rings. The number of urea groups is 1. The van der Waals surface area contributed by atoms with Crippen LogP contribution in [0.5, 0.6) is 0 Å². The lowest BCUT2D eigenvalue weighted by atomic mass is 9.88. The number of piperidine rings is 1. The molecule has 0 spiro atoms. The maximum absolute atomic E-state index is 12.6. The quantitative estimate of drug-likeness (QED) is 0.731. The molecule has 146 valence electrons. The van der Waals surface area contributed by atoms with E-state index in [1.165, 1.54) is 0 Å². The van der Waals surface area contributed by atoms with E-state index in [1.807, 2.05) is 65.2 Å². The number of nitrogens with zero attached hydrogens (tertiary/aromatic N) is 3. The number of nitrogens with one attached hydrogen (secondary N) is 1. The lowest BCUT2D eigenvalue weighted by Crippen LogP contribution is -2.43. The fourth-order valence-corrected chi connectivity index (χ4v) is 3.95. The van der Waals surface area contributed by atoms with Gasteiger partial charge in [0.05, 0.1) is 17.8 Å². The van der Waals surface area contributed by atoms with Crippen LogP contribution in [0.2, 0.25) is 0 Å². The van der Waals surface area contributed by atoms with Crippen molar-refractivity contribution in [2.24, 2.45) is 13.0 Å². The van der Waals surface area contributed by atoms with Crippen LogP contribution in [0, 0.1) is 5.92 Å². The number of aliphatic hydroxyl groups excluding tert-OH is 1. The van der Waals surface area contributed by atoms with Crippen molar-refractivity contribution in [1.82, 2.24) is 14.7 Å².